The molecule has 7 heterocycles. The van der Waals surface area contributed by atoms with Gasteiger partial charge >= 0.3 is 17.6 Å². The Hall–Kier alpha value is -8.35. The second-order valence-electron chi connectivity index (χ2n) is 36.7. The Bertz CT molecular complexity index is 4640. The van der Waals surface area contributed by atoms with E-state index in [-0.39, 0.29) is 73.0 Å². The van der Waals surface area contributed by atoms with Gasteiger partial charge in [-0.05, 0) is 188 Å². The lowest BCUT2D eigenvalue weighted by atomic mass is 9.78. The number of ether oxygens (including phenoxy) is 14. The van der Waals surface area contributed by atoms with Crippen LogP contribution in [0.1, 0.15) is 183 Å². The Kier molecular flexibility index (Phi) is 48.5. The lowest BCUT2D eigenvalue weighted by Gasteiger charge is -2.43. The number of fused-ring (bicyclic) bond motifs is 6. The smallest absolute Gasteiger partial charge is 0.333 e. The summed E-state index contributed by atoms with van der Waals surface area (Å²) in [6.07, 6.45) is 17.6. The molecular formula is C104H157N7O24. The number of aliphatic hydroxyl groups excluding tert-OH is 2. The van der Waals surface area contributed by atoms with Gasteiger partial charge in [-0.1, -0.05) is 97.1 Å². The number of cyclic esters (lactones) is 1. The van der Waals surface area contributed by atoms with E-state index in [4.69, 9.17) is 66.3 Å². The van der Waals surface area contributed by atoms with E-state index in [9.17, 15) is 48.9 Å². The highest BCUT2D eigenvalue weighted by Gasteiger charge is 2.53. The van der Waals surface area contributed by atoms with Gasteiger partial charge < -0.3 is 96.3 Å². The summed E-state index contributed by atoms with van der Waals surface area (Å²) >= 11 is 0. The number of esters is 2. The van der Waals surface area contributed by atoms with E-state index in [0.29, 0.717) is 175 Å². The fourth-order valence-electron chi connectivity index (χ4n) is 18.2. The number of methoxy groups -OCH3 is 5. The molecule has 31 heteroatoms. The first kappa shape index (κ1) is 112. The summed E-state index contributed by atoms with van der Waals surface area (Å²) in [7, 11) is 9.55. The van der Waals surface area contributed by atoms with Crippen LogP contribution < -0.4 is 10.6 Å². The summed E-state index contributed by atoms with van der Waals surface area (Å²) in [5, 5.41) is 36.4. The van der Waals surface area contributed by atoms with Crippen molar-refractivity contribution in [2.24, 2.45) is 42.6 Å². The van der Waals surface area contributed by atoms with Gasteiger partial charge in [-0.15, -0.1) is 0 Å². The topological polar surface area (TPSA) is 355 Å². The lowest BCUT2D eigenvalue weighted by Crippen LogP contribution is -2.61. The predicted molar refractivity (Wildman–Crippen MR) is 518 cm³/mol. The predicted octanol–water partition coefficient (Wildman–Crippen LogP) is 13.1. The summed E-state index contributed by atoms with van der Waals surface area (Å²) in [6.45, 7) is 32.6. The van der Waals surface area contributed by atoms with Crippen molar-refractivity contribution in [2.75, 3.05) is 166 Å². The highest BCUT2D eigenvalue weighted by atomic mass is 16.6. The Morgan fingerprint density at radius 2 is 1.28 bits per heavy atom. The van der Waals surface area contributed by atoms with E-state index in [1.165, 1.54) is 12.0 Å². The van der Waals surface area contributed by atoms with Gasteiger partial charge in [0.05, 0.1) is 132 Å². The third-order valence-electron chi connectivity index (χ3n) is 26.3. The molecule has 5 aliphatic rings. The van der Waals surface area contributed by atoms with Crippen molar-refractivity contribution in [1.82, 2.24) is 28.9 Å². The largest absolute Gasteiger partial charge is 0.460 e. The van der Waals surface area contributed by atoms with Crippen LogP contribution in [0.5, 0.6) is 0 Å². The zero-order valence-electron chi connectivity index (χ0n) is 83.4. The van der Waals surface area contributed by atoms with E-state index >= 15 is 0 Å². The van der Waals surface area contributed by atoms with Crippen LogP contribution in [-0.2, 0) is 102 Å². The minimum atomic E-state index is -2.44. The number of hydrogen-bond donors (Lipinski definition) is 3. The minimum Gasteiger partial charge on any atom is -0.460 e. The fraction of sp³-hybridized carbons (Fsp3) is 0.663. The molecule has 3 N–H and O–H groups in total. The number of aryl methyl sites for hydroxylation is 3. The van der Waals surface area contributed by atoms with Crippen molar-refractivity contribution >= 4 is 62.9 Å². The van der Waals surface area contributed by atoms with Gasteiger partial charge in [-0.3, -0.25) is 43.1 Å². The molecule has 1 aliphatic carbocycles. The zero-order valence-corrected chi connectivity index (χ0v) is 83.4. The minimum absolute atomic E-state index is 0.0103. The molecule has 5 aromatic rings. The molecule has 752 valence electrons. The molecule has 10 rings (SSSR count). The molecule has 1 saturated carbocycles. The summed E-state index contributed by atoms with van der Waals surface area (Å²) in [4.78, 5) is 110. The van der Waals surface area contributed by atoms with E-state index < -0.39 is 90.0 Å². The number of anilines is 1. The van der Waals surface area contributed by atoms with Gasteiger partial charge in [0.25, 0.3) is 11.7 Å². The number of imidazole rings is 1. The number of ketones is 2. The van der Waals surface area contributed by atoms with Crippen LogP contribution in [0, 0.1) is 49.4 Å². The van der Waals surface area contributed by atoms with Crippen molar-refractivity contribution in [3.8, 4) is 16.8 Å². The van der Waals surface area contributed by atoms with Gasteiger partial charge in [0, 0.05) is 161 Å². The highest BCUT2D eigenvalue weighted by molar-refractivity contribution is 6.39. The van der Waals surface area contributed by atoms with Crippen LogP contribution in [-0.4, -0.2) is 301 Å². The van der Waals surface area contributed by atoms with Crippen LogP contribution in [0.15, 0.2) is 113 Å². The number of pyridine rings is 2. The molecule has 2 bridgehead atoms. The number of benzene rings is 2. The Morgan fingerprint density at radius 1 is 0.630 bits per heavy atom. The number of carbonyl (C=O) groups excluding carboxylic acids is 6. The maximum absolute atomic E-state index is 14.6. The first-order chi connectivity index (χ1) is 64.9. The number of piperazine rings is 1. The van der Waals surface area contributed by atoms with Gasteiger partial charge in [-0.2, -0.15) is 0 Å². The lowest BCUT2D eigenvalue weighted by molar-refractivity contribution is -0.265. The van der Waals surface area contributed by atoms with E-state index in [0.717, 1.165) is 100 Å². The summed E-state index contributed by atoms with van der Waals surface area (Å²) in [6, 6.07) is 15.2. The Labute approximate surface area is 799 Å². The van der Waals surface area contributed by atoms with Crippen molar-refractivity contribution < 1.29 is 110 Å². The molecule has 0 spiro atoms. The number of allylic oxidation sites excluding steroid dienone is 5. The fourth-order valence-corrected chi connectivity index (χ4v) is 18.2. The standard InChI is InChI=1S/C56H89NO15.C32H34N6O3.C16H34O6/c1-34-18-13-12-14-19-35(2)46(67-9)32-42-24-22-40(7)56(65,72-42)53(62)54(63)57-26-16-15-20-43(57)55(64)71-47(33-44(58)36(3)29-39(6)51(61)52(69-11)50(60)38(5)28-34)37(4)30-41-23-25-45(48(31-41)68-10)70-49(59)21-17-27-66-8;1-21-17-25(8-10-28(21)36-12-14-37(15-13-36)30(39)11-16-41-4)38-31-26-18-23(24-6-5-22(2)33-19-24)7-9-27(26)34-20-29(31)35(3)32(38)40;1-3-5-17-7-9-19-11-13-21-15-16-22-14-12-20-10-8-18-6-4-2/h12-14,18-19,29,34,36-38,40-48,51-52,58,61,65H,15-17,20-28,30-33H2,1-11H3;5-10,17-20H,11-16H2,1-4H3;3-16H2,1-2H3/b14-12+,18-13+,35-19+,39-29+;;/t34-,36-,37-,38-,40-,41+,42+,43+,44-,45-,46+,47+,48-,51-,52+,56-;;/m1../s1. The number of rotatable bonds is 36. The Morgan fingerprint density at radius 3 is 1.89 bits per heavy atom. The van der Waals surface area contributed by atoms with Crippen molar-refractivity contribution in [3.05, 3.63) is 130 Å². The molecule has 0 radical (unpaired) electrons. The maximum atomic E-state index is 14.6. The molecule has 2 aromatic carbocycles. The third kappa shape index (κ3) is 33.7. The Balaban J connectivity index is 0.000000294. The number of amides is 2. The normalized spacial score (nSPS) is 26.6. The quantitative estimate of drug-likeness (QED) is 0.0145. The number of piperidine rings is 1. The summed E-state index contributed by atoms with van der Waals surface area (Å²) in [5.74, 6) is -7.69. The van der Waals surface area contributed by atoms with Crippen LogP contribution in [0.3, 0.4) is 0 Å². The monoisotopic (exact) mass is 1890 g/mol. The van der Waals surface area contributed by atoms with E-state index in [2.05, 4.69) is 59.9 Å². The SMILES string of the molecule is CCCOCCOCCOCCOCCOCCOCCC.COCCC(=O)N1CCN(c2ccc(-n3c(=O)n(C)c4cnc5ccc(-c6ccc(C)nc6)cc5c43)cc2C)CC1.COCCCC(=O)O[C@@H]1CC[C@@H](C[C@@H](C)[C@@H]2C[C@@H](O)[C@H](C)/C=C(\C)[C@@H](O)[C@@H](OC)C(=O)[C@H](C)C[C@H](C)/C=C/C=C/C=C(\C)[C@@H](OC)C[C@@H]3CC[C@@H](C)[C@@](O)(O3)C(=O)C(=O)N3CCCC[C@H]3C(=O)O2)C[C@H]1OC. The molecule has 2 amide bonds. The van der Waals surface area contributed by atoms with E-state index in [1.54, 1.807) is 77.7 Å². The molecule has 0 unspecified atom stereocenters. The first-order valence-electron chi connectivity index (χ1n) is 48.8. The maximum Gasteiger partial charge on any atom is 0.333 e. The van der Waals surface area contributed by atoms with Gasteiger partial charge in [0.2, 0.25) is 11.7 Å². The van der Waals surface area contributed by atoms with Gasteiger partial charge in [-0.25, -0.2) is 9.59 Å². The molecular weight excluding hydrogens is 1730 g/mol. The third-order valence-corrected chi connectivity index (χ3v) is 26.3. The summed E-state index contributed by atoms with van der Waals surface area (Å²) in [5.41, 5.74) is 9.63. The van der Waals surface area contributed by atoms with Crippen LogP contribution >= 0.6 is 0 Å². The zero-order chi connectivity index (χ0) is 98.1. The number of Topliss-reactive ketones (excluding diaryl/α,β-unsaturated/α-hetero) is 2. The highest BCUT2D eigenvalue weighted by Crippen LogP contribution is 2.40. The molecule has 16 atom stereocenters. The molecule has 3 aromatic heterocycles. The number of aliphatic hydroxyl groups is 3. The molecule has 4 aliphatic heterocycles. The number of hydrogen-bond acceptors (Lipinski definition) is 27. The van der Waals surface area contributed by atoms with E-state index in [1.807, 2.05) is 100 Å². The number of aromatic nitrogens is 4. The van der Waals surface area contributed by atoms with Crippen molar-refractivity contribution in [1.29, 1.82) is 0 Å². The number of carbonyl (C=O) groups is 6. The van der Waals surface area contributed by atoms with Crippen LogP contribution in [0.25, 0.3) is 38.8 Å². The first-order valence-corrected chi connectivity index (χ1v) is 48.8. The molecule has 31 nitrogen and oxygen atoms in total. The van der Waals surface area contributed by atoms with Gasteiger partial charge in [0.1, 0.15) is 30.5 Å². The van der Waals surface area contributed by atoms with Crippen LogP contribution in [0.4, 0.5) is 5.69 Å². The number of nitrogens with zero attached hydrogens (tertiary/aromatic N) is 7. The average Bonchev–Trinajstić information content (AvgIpc) is 1.60. The molecule has 4 fully saturated rings. The molecule has 135 heavy (non-hydrogen) atoms. The van der Waals surface area contributed by atoms with Gasteiger partial charge in [0.15, 0.2) is 5.78 Å². The van der Waals surface area contributed by atoms with Crippen molar-refractivity contribution in [2.45, 2.75) is 246 Å². The van der Waals surface area contributed by atoms with Crippen molar-refractivity contribution in [3.63, 3.8) is 0 Å². The second-order valence-corrected chi connectivity index (χ2v) is 36.7. The average molecular weight is 1890 g/mol. The van der Waals surface area contributed by atoms with Crippen LogP contribution in [0.2, 0.25) is 0 Å². The molecule has 3 saturated heterocycles. The second kappa shape index (κ2) is 58.5. The summed E-state index contributed by atoms with van der Waals surface area (Å²) < 4.78 is 81.4.